The molecule has 16 heteroatoms. The number of carbonyl (C=O) groups is 1. The molecule has 0 saturated heterocycles. The summed E-state index contributed by atoms with van der Waals surface area (Å²) in [6, 6.07) is 5.11. The van der Waals surface area contributed by atoms with E-state index in [1.807, 2.05) is 18.4 Å². The van der Waals surface area contributed by atoms with Crippen LogP contribution in [0.1, 0.15) is 51.8 Å². The topological polar surface area (TPSA) is 151 Å². The van der Waals surface area contributed by atoms with Crippen LogP contribution in [0.4, 0.5) is 13.2 Å². The van der Waals surface area contributed by atoms with Crippen LogP contribution in [0.3, 0.4) is 0 Å². The summed E-state index contributed by atoms with van der Waals surface area (Å²) < 4.78 is 41.9. The first-order chi connectivity index (χ1) is 20.7. The van der Waals surface area contributed by atoms with Gasteiger partial charge in [0.1, 0.15) is 12.1 Å². The number of aryl methyl sites for hydroxylation is 1. The lowest BCUT2D eigenvalue weighted by Crippen LogP contribution is -2.40. The van der Waals surface area contributed by atoms with Gasteiger partial charge in [0.25, 0.3) is 5.56 Å². The van der Waals surface area contributed by atoms with Gasteiger partial charge in [-0.15, -0.1) is 0 Å². The fourth-order valence-corrected chi connectivity index (χ4v) is 6.44. The average molecular weight is 657 g/mol. The minimum absolute atomic E-state index is 0.100. The van der Waals surface area contributed by atoms with E-state index in [-0.39, 0.29) is 17.2 Å². The Morgan fingerprint density at radius 2 is 1.84 bits per heavy atom. The molecule has 3 aromatic heterocycles. The van der Waals surface area contributed by atoms with Crippen LogP contribution in [0.2, 0.25) is 5.02 Å². The lowest BCUT2D eigenvalue weighted by atomic mass is 9.88. The van der Waals surface area contributed by atoms with Crippen molar-refractivity contribution >= 4 is 51.6 Å². The molecule has 0 radical (unpaired) electrons. The Morgan fingerprint density at radius 3 is 2.43 bits per heavy atom. The summed E-state index contributed by atoms with van der Waals surface area (Å²) >= 11 is 7.72. The summed E-state index contributed by atoms with van der Waals surface area (Å²) in [5.41, 5.74) is 8.34. The fraction of sp³-hybridized carbons (Fsp3) is 0.464. The number of thioether (sulfide) groups is 1. The number of fused-ring (bicyclic) bond motifs is 2. The van der Waals surface area contributed by atoms with Crippen molar-refractivity contribution in [2.24, 2.45) is 12.8 Å². The highest BCUT2D eigenvalue weighted by atomic mass is 35.5. The Kier molecular flexibility index (Phi) is 10.0. The first kappa shape index (κ1) is 33.3. The highest BCUT2D eigenvalue weighted by Gasteiger charge is 2.38. The third-order valence-electron chi connectivity index (χ3n) is 7.25. The van der Waals surface area contributed by atoms with Crippen molar-refractivity contribution in [1.82, 2.24) is 23.7 Å². The van der Waals surface area contributed by atoms with Gasteiger partial charge in [-0.3, -0.25) is 9.36 Å². The number of aliphatic carboxylic acids is 1. The van der Waals surface area contributed by atoms with E-state index in [1.54, 1.807) is 37.0 Å². The molecule has 1 saturated carbocycles. The number of rotatable bonds is 7. The largest absolute Gasteiger partial charge is 0.490 e. The van der Waals surface area contributed by atoms with Crippen molar-refractivity contribution in [1.29, 1.82) is 0 Å². The minimum Gasteiger partial charge on any atom is -0.475 e. The molecule has 1 aliphatic carbocycles. The number of halogens is 4. The zero-order chi connectivity index (χ0) is 32.4. The fourth-order valence-electron chi connectivity index (χ4n) is 4.90. The standard InChI is InChI=1S/C26H31ClN6O3S.C2HF3O2/c1-16(2)9-12-32-21-22(30-24(32)37-26(15-28)10-5-4-6-11-26)31(3)25(35)33(23(21)34)14-20-29-18-13-17(27)7-8-19(18)36-20;3-2(4,5)1(6)7/h7-9,13H,4-6,10-12,14-15,28H2,1-3H3;(H,6,7). The molecule has 4 aromatic rings. The van der Waals surface area contributed by atoms with Gasteiger partial charge in [0.15, 0.2) is 21.9 Å². The number of hydrogen-bond acceptors (Lipinski definition) is 8. The second-order valence-corrected chi connectivity index (χ2v) is 12.6. The summed E-state index contributed by atoms with van der Waals surface area (Å²) in [6.07, 6.45) is 2.44. The summed E-state index contributed by atoms with van der Waals surface area (Å²) in [4.78, 5) is 45.3. The molecule has 3 heterocycles. The maximum absolute atomic E-state index is 13.8. The van der Waals surface area contributed by atoms with Crippen molar-refractivity contribution in [2.45, 2.75) is 75.1 Å². The molecule has 0 atom stereocenters. The zero-order valence-electron chi connectivity index (χ0n) is 24.3. The maximum Gasteiger partial charge on any atom is 0.490 e. The number of nitrogens with zero attached hydrogens (tertiary/aromatic N) is 5. The molecule has 0 bridgehead atoms. The number of oxazole rings is 1. The van der Waals surface area contributed by atoms with Gasteiger partial charge in [0, 0.05) is 29.9 Å². The van der Waals surface area contributed by atoms with E-state index in [4.69, 9.17) is 36.6 Å². The summed E-state index contributed by atoms with van der Waals surface area (Å²) in [7, 11) is 1.64. The summed E-state index contributed by atoms with van der Waals surface area (Å²) in [5, 5.41) is 8.37. The van der Waals surface area contributed by atoms with Gasteiger partial charge < -0.3 is 19.8 Å². The monoisotopic (exact) mass is 656 g/mol. The zero-order valence-corrected chi connectivity index (χ0v) is 25.9. The van der Waals surface area contributed by atoms with Gasteiger partial charge in [-0.05, 0) is 44.9 Å². The molecule has 3 N–H and O–H groups in total. The Morgan fingerprint density at radius 1 is 1.18 bits per heavy atom. The number of imidazole rings is 1. The van der Waals surface area contributed by atoms with E-state index >= 15 is 0 Å². The second-order valence-electron chi connectivity index (χ2n) is 10.8. The number of aromatic nitrogens is 5. The molecular weight excluding hydrogens is 625 g/mol. The van der Waals surface area contributed by atoms with Crippen molar-refractivity contribution in [3.8, 4) is 0 Å². The molecule has 0 amide bonds. The quantitative estimate of drug-likeness (QED) is 0.259. The van der Waals surface area contributed by atoms with Crippen LogP contribution in [0.5, 0.6) is 0 Å². The molecule has 238 valence electrons. The van der Waals surface area contributed by atoms with Crippen LogP contribution in [-0.4, -0.2) is 52.2 Å². The smallest absolute Gasteiger partial charge is 0.475 e. The molecule has 1 aromatic carbocycles. The molecule has 0 spiro atoms. The lowest BCUT2D eigenvalue weighted by Gasteiger charge is -2.35. The molecule has 0 unspecified atom stereocenters. The summed E-state index contributed by atoms with van der Waals surface area (Å²) in [5.74, 6) is -2.50. The Balaban J connectivity index is 0.000000566. The minimum atomic E-state index is -5.08. The number of alkyl halides is 3. The van der Waals surface area contributed by atoms with Gasteiger partial charge in [0.05, 0.1) is 0 Å². The Bertz CT molecular complexity index is 1830. The number of allylic oxidation sites excluding steroid dienone is 2. The molecule has 11 nitrogen and oxygen atoms in total. The van der Waals surface area contributed by atoms with Crippen LogP contribution in [-0.2, 0) is 24.9 Å². The van der Waals surface area contributed by atoms with Crippen LogP contribution in [0.15, 0.2) is 49.0 Å². The van der Waals surface area contributed by atoms with E-state index in [0.29, 0.717) is 45.5 Å². The van der Waals surface area contributed by atoms with Crippen LogP contribution in [0, 0.1) is 0 Å². The Hall–Kier alpha value is -3.56. The third kappa shape index (κ3) is 7.21. The molecule has 1 aliphatic rings. The highest BCUT2D eigenvalue weighted by molar-refractivity contribution is 8.00. The second kappa shape index (κ2) is 13.2. The van der Waals surface area contributed by atoms with E-state index in [2.05, 4.69) is 11.1 Å². The van der Waals surface area contributed by atoms with E-state index < -0.39 is 23.4 Å². The van der Waals surface area contributed by atoms with Gasteiger partial charge in [-0.25, -0.2) is 24.1 Å². The molecule has 5 rings (SSSR count). The average Bonchev–Trinajstić information content (AvgIpc) is 3.53. The van der Waals surface area contributed by atoms with Crippen molar-refractivity contribution < 1.29 is 27.5 Å². The number of hydrogen-bond donors (Lipinski definition) is 2. The first-order valence-electron chi connectivity index (χ1n) is 13.7. The van der Waals surface area contributed by atoms with E-state index in [9.17, 15) is 22.8 Å². The first-order valence-corrected chi connectivity index (χ1v) is 14.9. The van der Waals surface area contributed by atoms with Crippen LogP contribution < -0.4 is 17.0 Å². The number of benzene rings is 1. The predicted octanol–water partition coefficient (Wildman–Crippen LogP) is 5.09. The predicted molar refractivity (Wildman–Crippen MR) is 161 cm³/mol. The Labute approximate surface area is 258 Å². The van der Waals surface area contributed by atoms with Crippen LogP contribution >= 0.6 is 23.4 Å². The van der Waals surface area contributed by atoms with Gasteiger partial charge in [-0.1, -0.05) is 54.3 Å². The molecule has 0 aliphatic heterocycles. The van der Waals surface area contributed by atoms with Crippen LogP contribution in [0.25, 0.3) is 22.3 Å². The van der Waals surface area contributed by atoms with Gasteiger partial charge in [-0.2, -0.15) is 13.2 Å². The third-order valence-corrected chi connectivity index (χ3v) is 8.99. The van der Waals surface area contributed by atoms with Crippen molar-refractivity contribution in [3.05, 3.63) is 61.6 Å². The van der Waals surface area contributed by atoms with Gasteiger partial charge in [0.2, 0.25) is 5.89 Å². The number of carboxylic acid groups (broad SMARTS) is 1. The van der Waals surface area contributed by atoms with Crippen molar-refractivity contribution in [3.63, 3.8) is 0 Å². The number of carboxylic acids is 1. The van der Waals surface area contributed by atoms with E-state index in [0.717, 1.165) is 35.8 Å². The molecule has 44 heavy (non-hydrogen) atoms. The normalized spacial score (nSPS) is 14.8. The molecule has 1 fully saturated rings. The number of nitrogens with two attached hydrogens (primary N) is 1. The van der Waals surface area contributed by atoms with Gasteiger partial charge >= 0.3 is 17.8 Å². The maximum atomic E-state index is 13.8. The molecular formula is C28H32ClF3N6O5S. The summed E-state index contributed by atoms with van der Waals surface area (Å²) in [6.45, 7) is 4.94. The van der Waals surface area contributed by atoms with Crippen molar-refractivity contribution in [2.75, 3.05) is 6.54 Å². The SMILES string of the molecule is CC(C)=CCn1c(SC2(CN)CCCCC2)nc2c1c(=O)n(Cc1nc3cc(Cl)ccc3o1)c(=O)n2C.O=C(O)C(F)(F)F. The lowest BCUT2D eigenvalue weighted by molar-refractivity contribution is -0.192. The highest BCUT2D eigenvalue weighted by Crippen LogP contribution is 2.43. The van der Waals surface area contributed by atoms with E-state index in [1.165, 1.54) is 11.0 Å².